The molecular weight excluding hydrogens is 336 g/mol. The van der Waals surface area contributed by atoms with Crippen LogP contribution in [0.4, 0.5) is 4.79 Å². The molecule has 1 aromatic rings. The Hall–Kier alpha value is -2.54. The summed E-state index contributed by atoms with van der Waals surface area (Å²) in [5.74, 6) is 0.690. The third-order valence-corrected chi connectivity index (χ3v) is 4.48. The van der Waals surface area contributed by atoms with Crippen molar-refractivity contribution in [2.75, 3.05) is 20.3 Å². The maximum absolute atomic E-state index is 12.3. The number of carbonyl (C=O) groups is 2. The van der Waals surface area contributed by atoms with E-state index in [2.05, 4.69) is 11.9 Å². The van der Waals surface area contributed by atoms with E-state index in [1.807, 2.05) is 19.1 Å². The minimum Gasteiger partial charge on any atom is -0.493 e. The van der Waals surface area contributed by atoms with Gasteiger partial charge in [0.2, 0.25) is 0 Å². The fourth-order valence-electron chi connectivity index (χ4n) is 2.73. The van der Waals surface area contributed by atoms with Gasteiger partial charge in [-0.25, -0.2) is 4.79 Å². The minimum atomic E-state index is -1.01. The quantitative estimate of drug-likeness (QED) is 0.517. The monoisotopic (exact) mass is 362 g/mol. The van der Waals surface area contributed by atoms with Crippen molar-refractivity contribution in [3.8, 4) is 11.5 Å². The van der Waals surface area contributed by atoms with E-state index in [1.165, 1.54) is 7.11 Å². The van der Waals surface area contributed by atoms with Crippen LogP contribution in [-0.4, -0.2) is 53.8 Å². The molecule has 2 atom stereocenters. The summed E-state index contributed by atoms with van der Waals surface area (Å²) < 4.78 is 10.9. The summed E-state index contributed by atoms with van der Waals surface area (Å²) in [6.07, 6.45) is 1.97. The highest BCUT2D eigenvalue weighted by molar-refractivity contribution is 6.06. The molecule has 1 aromatic carbocycles. The molecule has 3 amide bonds. The Balaban J connectivity index is 1.97. The second-order valence-corrected chi connectivity index (χ2v) is 6.47. The first kappa shape index (κ1) is 19.8. The van der Waals surface area contributed by atoms with Crippen molar-refractivity contribution in [2.24, 2.45) is 0 Å². The number of amides is 3. The number of ether oxygens (including phenoxy) is 2. The average Bonchev–Trinajstić information content (AvgIpc) is 2.84. The number of methoxy groups -OCH3 is 1. The van der Waals surface area contributed by atoms with Gasteiger partial charge in [-0.3, -0.25) is 9.69 Å². The van der Waals surface area contributed by atoms with E-state index in [0.717, 1.165) is 10.5 Å². The third kappa shape index (κ3) is 4.16. The number of aliphatic hydroxyl groups is 1. The summed E-state index contributed by atoms with van der Waals surface area (Å²) in [7, 11) is 1.54. The lowest BCUT2D eigenvalue weighted by atomic mass is 9.99. The molecule has 1 aliphatic heterocycles. The van der Waals surface area contributed by atoms with Crippen LogP contribution >= 0.6 is 0 Å². The number of nitrogens with zero attached hydrogens (tertiary/aromatic N) is 1. The van der Waals surface area contributed by atoms with E-state index in [0.29, 0.717) is 24.3 Å². The summed E-state index contributed by atoms with van der Waals surface area (Å²) in [5.41, 5.74) is 0.116. The molecule has 1 aliphatic rings. The van der Waals surface area contributed by atoms with Crippen molar-refractivity contribution in [2.45, 2.75) is 38.3 Å². The Morgan fingerprint density at radius 1 is 1.38 bits per heavy atom. The zero-order chi connectivity index (χ0) is 19.3. The zero-order valence-corrected chi connectivity index (χ0v) is 15.4. The van der Waals surface area contributed by atoms with Gasteiger partial charge < -0.3 is 19.9 Å². The average molecular weight is 362 g/mol. The molecule has 2 rings (SSSR count). The number of hydrogen-bond acceptors (Lipinski definition) is 5. The number of benzene rings is 1. The van der Waals surface area contributed by atoms with Crippen molar-refractivity contribution in [1.82, 2.24) is 10.2 Å². The molecule has 0 radical (unpaired) electrons. The van der Waals surface area contributed by atoms with Crippen LogP contribution in [0, 0.1) is 0 Å². The number of aliphatic hydroxyl groups excluding tert-OH is 1. The molecule has 0 aromatic heterocycles. The second kappa shape index (κ2) is 8.23. The number of carbonyl (C=O) groups excluding carboxylic acids is 2. The Kier molecular flexibility index (Phi) is 6.26. The van der Waals surface area contributed by atoms with Crippen molar-refractivity contribution < 1.29 is 24.2 Å². The number of β-amino-alcohol motifs (C(OH)–C–C–N with tert-alkyl or cyclic N) is 1. The molecule has 1 heterocycles. The summed E-state index contributed by atoms with van der Waals surface area (Å²) in [5, 5.41) is 12.9. The SMILES string of the molecule is C=CCc1ccc(OC[C@H](O)CN2C(=O)N[C@](C)(CC)C2=O)c(OC)c1. The summed E-state index contributed by atoms with van der Waals surface area (Å²) in [6, 6.07) is 4.99. The topological polar surface area (TPSA) is 88.1 Å². The molecule has 7 heteroatoms. The molecule has 1 saturated heterocycles. The fraction of sp³-hybridized carbons (Fsp3) is 0.474. The number of nitrogens with one attached hydrogen (secondary N) is 1. The smallest absolute Gasteiger partial charge is 0.325 e. The number of allylic oxidation sites excluding steroid dienone is 1. The van der Waals surface area contributed by atoms with Crippen molar-refractivity contribution in [3.63, 3.8) is 0 Å². The predicted molar refractivity (Wildman–Crippen MR) is 97.3 cm³/mol. The van der Waals surface area contributed by atoms with Crippen LogP contribution in [0.1, 0.15) is 25.8 Å². The molecule has 1 fully saturated rings. The van der Waals surface area contributed by atoms with E-state index in [9.17, 15) is 14.7 Å². The van der Waals surface area contributed by atoms with Gasteiger partial charge in [0.05, 0.1) is 13.7 Å². The largest absolute Gasteiger partial charge is 0.493 e. The van der Waals surface area contributed by atoms with Crippen molar-refractivity contribution in [1.29, 1.82) is 0 Å². The zero-order valence-electron chi connectivity index (χ0n) is 15.4. The molecular formula is C19H26N2O5. The summed E-state index contributed by atoms with van der Waals surface area (Å²) in [6.45, 7) is 7.00. The van der Waals surface area contributed by atoms with E-state index in [4.69, 9.17) is 9.47 Å². The van der Waals surface area contributed by atoms with E-state index >= 15 is 0 Å². The van der Waals surface area contributed by atoms with Gasteiger partial charge in [-0.2, -0.15) is 0 Å². The molecule has 2 N–H and O–H groups in total. The molecule has 26 heavy (non-hydrogen) atoms. The van der Waals surface area contributed by atoms with E-state index < -0.39 is 17.7 Å². The van der Waals surface area contributed by atoms with Crippen molar-refractivity contribution in [3.05, 3.63) is 36.4 Å². The Labute approximate surface area is 153 Å². The predicted octanol–water partition coefficient (Wildman–Crippen LogP) is 1.88. The highest BCUT2D eigenvalue weighted by Gasteiger charge is 2.46. The Morgan fingerprint density at radius 2 is 2.12 bits per heavy atom. The molecule has 142 valence electrons. The second-order valence-electron chi connectivity index (χ2n) is 6.47. The van der Waals surface area contributed by atoms with E-state index in [-0.39, 0.29) is 19.1 Å². The van der Waals surface area contributed by atoms with Gasteiger partial charge in [0.1, 0.15) is 18.2 Å². The van der Waals surface area contributed by atoms with Crippen LogP contribution in [0.3, 0.4) is 0 Å². The molecule has 0 saturated carbocycles. The van der Waals surface area contributed by atoms with Gasteiger partial charge >= 0.3 is 6.03 Å². The lowest BCUT2D eigenvalue weighted by Gasteiger charge is -2.21. The summed E-state index contributed by atoms with van der Waals surface area (Å²) in [4.78, 5) is 25.4. The molecule has 0 aliphatic carbocycles. The van der Waals surface area contributed by atoms with Gasteiger partial charge in [-0.1, -0.05) is 19.1 Å². The number of hydrogen-bond donors (Lipinski definition) is 2. The molecule has 7 nitrogen and oxygen atoms in total. The first-order chi connectivity index (χ1) is 12.3. The molecule has 0 unspecified atom stereocenters. The van der Waals surface area contributed by atoms with Crippen LogP contribution in [0.5, 0.6) is 11.5 Å². The number of rotatable bonds is 9. The normalized spacial score (nSPS) is 20.7. The number of imide groups is 1. The van der Waals surface area contributed by atoms with Gasteiger partial charge in [0, 0.05) is 0 Å². The van der Waals surface area contributed by atoms with E-state index in [1.54, 1.807) is 19.1 Å². The molecule has 0 bridgehead atoms. The Bertz CT molecular complexity index is 691. The lowest BCUT2D eigenvalue weighted by Crippen LogP contribution is -2.44. The van der Waals surface area contributed by atoms with Crippen LogP contribution in [0.15, 0.2) is 30.9 Å². The highest BCUT2D eigenvalue weighted by atomic mass is 16.5. The van der Waals surface area contributed by atoms with Crippen LogP contribution in [0.2, 0.25) is 0 Å². The maximum atomic E-state index is 12.3. The maximum Gasteiger partial charge on any atom is 0.325 e. The third-order valence-electron chi connectivity index (χ3n) is 4.48. The first-order valence-corrected chi connectivity index (χ1v) is 8.57. The van der Waals surface area contributed by atoms with Crippen molar-refractivity contribution >= 4 is 11.9 Å². The van der Waals surface area contributed by atoms with Gasteiger partial charge in [0.25, 0.3) is 5.91 Å². The van der Waals surface area contributed by atoms with Crippen LogP contribution in [0.25, 0.3) is 0 Å². The first-order valence-electron chi connectivity index (χ1n) is 8.57. The van der Waals surface area contributed by atoms with Crippen LogP contribution < -0.4 is 14.8 Å². The highest BCUT2D eigenvalue weighted by Crippen LogP contribution is 2.28. The fourth-order valence-corrected chi connectivity index (χ4v) is 2.73. The van der Waals surface area contributed by atoms with Gasteiger partial charge in [-0.05, 0) is 37.5 Å². The van der Waals surface area contributed by atoms with Gasteiger partial charge in [-0.15, -0.1) is 6.58 Å². The lowest BCUT2D eigenvalue weighted by molar-refractivity contribution is -0.132. The summed E-state index contributed by atoms with van der Waals surface area (Å²) >= 11 is 0. The Morgan fingerprint density at radius 3 is 2.69 bits per heavy atom. The minimum absolute atomic E-state index is 0.0724. The van der Waals surface area contributed by atoms with Gasteiger partial charge in [0.15, 0.2) is 11.5 Å². The molecule has 0 spiro atoms. The number of urea groups is 1. The standard InChI is InChI=1S/C19H26N2O5/c1-5-7-13-8-9-15(16(10-13)25-4)26-12-14(22)11-21-17(23)19(3,6-2)20-18(21)24/h5,8-10,14,22H,1,6-7,11-12H2,2-4H3,(H,20,24)/t14-,19-/m1/s1. The van der Waals surface area contributed by atoms with Crippen LogP contribution in [-0.2, 0) is 11.2 Å².